The lowest BCUT2D eigenvalue weighted by Crippen LogP contribution is -2.21. The minimum atomic E-state index is -0.189. The van der Waals surface area contributed by atoms with Crippen LogP contribution in [0.1, 0.15) is 12.0 Å². The van der Waals surface area contributed by atoms with Gasteiger partial charge in [-0.25, -0.2) is 9.97 Å². The number of H-pyrrole nitrogens is 1. The third-order valence-corrected chi connectivity index (χ3v) is 5.18. The van der Waals surface area contributed by atoms with Crippen molar-refractivity contribution in [2.75, 3.05) is 13.1 Å². The van der Waals surface area contributed by atoms with Gasteiger partial charge in [0.2, 0.25) is 0 Å². The topological polar surface area (TPSA) is 87.2 Å². The fourth-order valence-electron chi connectivity index (χ4n) is 3.68. The summed E-state index contributed by atoms with van der Waals surface area (Å²) in [5.74, 6) is 0.696. The van der Waals surface area contributed by atoms with Crippen LogP contribution in [0, 0.1) is 0 Å². The molecule has 1 aliphatic rings. The number of ether oxygens (including phenoxy) is 1. The van der Waals surface area contributed by atoms with Crippen LogP contribution in [0.3, 0.4) is 0 Å². The predicted octanol–water partition coefficient (Wildman–Crippen LogP) is 3.38. The number of aliphatic hydroxyl groups is 1. The van der Waals surface area contributed by atoms with Crippen molar-refractivity contribution in [2.45, 2.75) is 19.1 Å². The summed E-state index contributed by atoms with van der Waals surface area (Å²) in [7, 11) is 0. The summed E-state index contributed by atoms with van der Waals surface area (Å²) in [4.78, 5) is 10.8. The summed E-state index contributed by atoms with van der Waals surface area (Å²) < 4.78 is 5.82. The average molecular weight is 387 g/mol. The van der Waals surface area contributed by atoms with Gasteiger partial charge in [0.25, 0.3) is 0 Å². The minimum Gasteiger partial charge on any atom is -0.424 e. The molecule has 0 amide bonds. The van der Waals surface area contributed by atoms with E-state index in [9.17, 15) is 5.11 Å². The number of β-amino-alcohol motifs (C(OH)–C–C–N with tert-alkyl or cyclic N) is 1. The highest BCUT2D eigenvalue weighted by Gasteiger charge is 2.19. The minimum absolute atomic E-state index is 0.189. The second-order valence-corrected chi connectivity index (χ2v) is 7.35. The first-order valence-electron chi connectivity index (χ1n) is 9.66. The van der Waals surface area contributed by atoms with Crippen LogP contribution in [-0.4, -0.2) is 49.4 Å². The zero-order valence-electron chi connectivity index (χ0n) is 15.8. The summed E-state index contributed by atoms with van der Waals surface area (Å²) >= 11 is 0. The molecule has 2 aromatic heterocycles. The van der Waals surface area contributed by atoms with Crippen molar-refractivity contribution in [3.63, 3.8) is 0 Å². The number of aromatic nitrogens is 4. The number of nitrogens with zero attached hydrogens (tertiary/aromatic N) is 4. The van der Waals surface area contributed by atoms with Crippen molar-refractivity contribution in [1.82, 2.24) is 25.1 Å². The molecule has 3 heterocycles. The lowest BCUT2D eigenvalue weighted by atomic mass is 10.1. The van der Waals surface area contributed by atoms with E-state index in [0.717, 1.165) is 48.1 Å². The number of aromatic amines is 1. The number of benzene rings is 2. The van der Waals surface area contributed by atoms with Gasteiger partial charge in [-0.1, -0.05) is 18.2 Å². The zero-order valence-corrected chi connectivity index (χ0v) is 15.8. The van der Waals surface area contributed by atoms with Crippen LogP contribution in [0.4, 0.5) is 0 Å². The van der Waals surface area contributed by atoms with E-state index in [1.54, 1.807) is 18.6 Å². The van der Waals surface area contributed by atoms with Gasteiger partial charge >= 0.3 is 6.01 Å². The maximum absolute atomic E-state index is 9.69. The number of fused-ring (bicyclic) bond motifs is 1. The standard InChI is InChI=1S/C22H21N5O2/c28-19-6-8-27(14-19)13-15-1-2-17-10-20(4-3-16(17)9-15)29-22-23-11-18(12-24-22)21-5-7-25-26-21/h1-5,7,9-12,19,28H,6,8,13-14H2,(H,25,26)/t19-/m1/s1. The Morgan fingerprint density at radius 2 is 1.90 bits per heavy atom. The Bertz CT molecular complexity index is 1110. The molecule has 0 saturated carbocycles. The lowest BCUT2D eigenvalue weighted by Gasteiger charge is -2.15. The van der Waals surface area contributed by atoms with Gasteiger partial charge in [0, 0.05) is 43.8 Å². The van der Waals surface area contributed by atoms with Crippen molar-refractivity contribution in [3.05, 3.63) is 66.6 Å². The van der Waals surface area contributed by atoms with Crippen LogP contribution in [0.2, 0.25) is 0 Å². The number of hydrogen-bond acceptors (Lipinski definition) is 6. The molecule has 2 N–H and O–H groups in total. The normalized spacial score (nSPS) is 17.1. The third kappa shape index (κ3) is 3.96. The third-order valence-electron chi connectivity index (χ3n) is 5.18. The van der Waals surface area contributed by atoms with E-state index in [-0.39, 0.29) is 6.10 Å². The number of likely N-dealkylation sites (tertiary alicyclic amines) is 1. The monoisotopic (exact) mass is 387 g/mol. The van der Waals surface area contributed by atoms with Gasteiger partial charge in [-0.05, 0) is 47.0 Å². The molecule has 1 atom stereocenters. The van der Waals surface area contributed by atoms with Crippen molar-refractivity contribution < 1.29 is 9.84 Å². The second-order valence-electron chi connectivity index (χ2n) is 7.35. The molecular formula is C22H21N5O2. The number of aliphatic hydroxyl groups excluding tert-OH is 1. The Labute approximate surface area is 168 Å². The fourth-order valence-corrected chi connectivity index (χ4v) is 3.68. The van der Waals surface area contributed by atoms with E-state index in [2.05, 4.69) is 43.3 Å². The molecule has 0 bridgehead atoms. The average Bonchev–Trinajstić information content (AvgIpc) is 3.41. The molecule has 1 saturated heterocycles. The van der Waals surface area contributed by atoms with Crippen molar-refractivity contribution in [1.29, 1.82) is 0 Å². The van der Waals surface area contributed by atoms with Crippen LogP contribution < -0.4 is 4.74 Å². The molecule has 1 aliphatic heterocycles. The number of nitrogens with one attached hydrogen (secondary N) is 1. The van der Waals surface area contributed by atoms with E-state index < -0.39 is 0 Å². The summed E-state index contributed by atoms with van der Waals surface area (Å²) in [5.41, 5.74) is 2.96. The first kappa shape index (κ1) is 17.8. The highest BCUT2D eigenvalue weighted by atomic mass is 16.5. The Kier molecular flexibility index (Phi) is 4.67. The molecular weight excluding hydrogens is 366 g/mol. The Morgan fingerprint density at radius 1 is 1.07 bits per heavy atom. The number of rotatable bonds is 5. The van der Waals surface area contributed by atoms with E-state index in [0.29, 0.717) is 11.8 Å². The van der Waals surface area contributed by atoms with E-state index in [1.165, 1.54) is 5.56 Å². The van der Waals surface area contributed by atoms with Crippen molar-refractivity contribution in [3.8, 4) is 23.0 Å². The van der Waals surface area contributed by atoms with Crippen LogP contribution in [-0.2, 0) is 6.54 Å². The van der Waals surface area contributed by atoms with Crippen LogP contribution >= 0.6 is 0 Å². The molecule has 0 unspecified atom stereocenters. The summed E-state index contributed by atoms with van der Waals surface area (Å²) in [5, 5.41) is 18.8. The first-order chi connectivity index (χ1) is 14.2. The van der Waals surface area contributed by atoms with Crippen LogP contribution in [0.25, 0.3) is 22.0 Å². The molecule has 146 valence electrons. The molecule has 0 spiro atoms. The molecule has 5 rings (SSSR count). The summed E-state index contributed by atoms with van der Waals surface area (Å²) in [6, 6.07) is 14.6. The number of hydrogen-bond donors (Lipinski definition) is 2. The summed E-state index contributed by atoms with van der Waals surface area (Å²) in [6.45, 7) is 2.57. The van der Waals surface area contributed by atoms with E-state index in [4.69, 9.17) is 4.74 Å². The highest BCUT2D eigenvalue weighted by molar-refractivity contribution is 5.84. The molecule has 7 heteroatoms. The predicted molar refractivity (Wildman–Crippen MR) is 110 cm³/mol. The van der Waals surface area contributed by atoms with Gasteiger partial charge in [0.05, 0.1) is 11.8 Å². The Hall–Kier alpha value is -3.29. The van der Waals surface area contributed by atoms with Gasteiger partial charge in [0.15, 0.2) is 0 Å². The molecule has 1 fully saturated rings. The Balaban J connectivity index is 1.30. The van der Waals surface area contributed by atoms with Crippen molar-refractivity contribution >= 4 is 10.8 Å². The largest absolute Gasteiger partial charge is 0.424 e. The highest BCUT2D eigenvalue weighted by Crippen LogP contribution is 2.26. The van der Waals surface area contributed by atoms with Gasteiger partial charge in [0.1, 0.15) is 5.75 Å². The van der Waals surface area contributed by atoms with Crippen molar-refractivity contribution in [2.24, 2.45) is 0 Å². The summed E-state index contributed by atoms with van der Waals surface area (Å²) in [6.07, 6.45) is 5.77. The molecule has 2 aromatic carbocycles. The van der Waals surface area contributed by atoms with Gasteiger partial charge < -0.3 is 9.84 Å². The SMILES string of the molecule is O[C@@H]1CCN(Cc2ccc3cc(Oc4ncc(-c5ccn[nH]5)cn4)ccc3c2)C1. The maximum atomic E-state index is 9.69. The second kappa shape index (κ2) is 7.62. The van der Waals surface area contributed by atoms with Gasteiger partial charge in [-0.2, -0.15) is 5.10 Å². The quantitative estimate of drug-likeness (QED) is 0.546. The lowest BCUT2D eigenvalue weighted by molar-refractivity contribution is 0.175. The maximum Gasteiger partial charge on any atom is 0.321 e. The van der Waals surface area contributed by atoms with Crippen LogP contribution in [0.15, 0.2) is 61.1 Å². The molecule has 29 heavy (non-hydrogen) atoms. The molecule has 7 nitrogen and oxygen atoms in total. The molecule has 4 aromatic rings. The Morgan fingerprint density at radius 3 is 2.66 bits per heavy atom. The zero-order chi connectivity index (χ0) is 19.6. The molecule has 0 radical (unpaired) electrons. The van der Waals surface area contributed by atoms with E-state index >= 15 is 0 Å². The van der Waals surface area contributed by atoms with E-state index in [1.807, 2.05) is 24.3 Å². The van der Waals surface area contributed by atoms with Crippen LogP contribution in [0.5, 0.6) is 11.8 Å². The molecule has 0 aliphatic carbocycles. The fraction of sp³-hybridized carbons (Fsp3) is 0.227. The smallest absolute Gasteiger partial charge is 0.321 e. The first-order valence-corrected chi connectivity index (χ1v) is 9.66. The van der Waals surface area contributed by atoms with Gasteiger partial charge in [-0.3, -0.25) is 10.00 Å². The van der Waals surface area contributed by atoms with Gasteiger partial charge in [-0.15, -0.1) is 0 Å².